The molecule has 7 heteroatoms. The van der Waals surface area contributed by atoms with Gasteiger partial charge < -0.3 is 28.4 Å². The molecule has 0 heterocycles. The summed E-state index contributed by atoms with van der Waals surface area (Å²) in [5.74, 6) is 2.77. The number of hydrogen-bond acceptors (Lipinski definition) is 7. The molecular formula is C31H30O7. The van der Waals surface area contributed by atoms with E-state index in [4.69, 9.17) is 28.4 Å². The van der Waals surface area contributed by atoms with Crippen LogP contribution in [0.5, 0.6) is 28.7 Å². The normalized spacial score (nSPS) is 10.4. The highest BCUT2D eigenvalue weighted by molar-refractivity contribution is 5.90. The first kappa shape index (κ1) is 26.4. The first-order valence-corrected chi connectivity index (χ1v) is 12.0. The van der Waals surface area contributed by atoms with E-state index >= 15 is 0 Å². The zero-order valence-corrected chi connectivity index (χ0v) is 21.6. The summed E-state index contributed by atoms with van der Waals surface area (Å²) in [7, 11) is 4.85. The lowest BCUT2D eigenvalue weighted by atomic mass is 10.2. The van der Waals surface area contributed by atoms with Crippen LogP contribution in [0.2, 0.25) is 0 Å². The second kappa shape index (κ2) is 13.1. The maximum Gasteiger partial charge on any atom is 0.338 e. The summed E-state index contributed by atoms with van der Waals surface area (Å²) in [6.07, 6.45) is 0. The van der Waals surface area contributed by atoms with Gasteiger partial charge in [0.2, 0.25) is 0 Å². The van der Waals surface area contributed by atoms with Crippen LogP contribution in [0.4, 0.5) is 0 Å². The summed E-state index contributed by atoms with van der Waals surface area (Å²) in [5.41, 5.74) is 3.13. The van der Waals surface area contributed by atoms with E-state index < -0.39 is 5.97 Å². The molecule has 0 unspecified atom stereocenters. The molecule has 0 fully saturated rings. The highest BCUT2D eigenvalue weighted by atomic mass is 16.5. The average molecular weight is 515 g/mol. The molecule has 0 saturated carbocycles. The molecule has 4 rings (SSSR count). The van der Waals surface area contributed by atoms with Gasteiger partial charge in [-0.2, -0.15) is 0 Å². The molecule has 0 aliphatic heterocycles. The average Bonchev–Trinajstić information content (AvgIpc) is 2.98. The van der Waals surface area contributed by atoms with E-state index in [1.807, 2.05) is 72.8 Å². The monoisotopic (exact) mass is 514 g/mol. The molecule has 0 atom stereocenters. The van der Waals surface area contributed by atoms with Crippen LogP contribution in [0.25, 0.3) is 0 Å². The quantitative estimate of drug-likeness (QED) is 0.208. The molecule has 0 aliphatic carbocycles. The van der Waals surface area contributed by atoms with Crippen LogP contribution in [0, 0.1) is 0 Å². The van der Waals surface area contributed by atoms with Gasteiger partial charge in [-0.15, -0.1) is 0 Å². The van der Waals surface area contributed by atoms with Crippen molar-refractivity contribution in [3.63, 3.8) is 0 Å². The Kier molecular flexibility index (Phi) is 9.07. The predicted molar refractivity (Wildman–Crippen MR) is 143 cm³/mol. The van der Waals surface area contributed by atoms with Crippen LogP contribution >= 0.6 is 0 Å². The number of hydrogen-bond donors (Lipinski definition) is 0. The summed E-state index contributed by atoms with van der Waals surface area (Å²) < 4.78 is 33.3. The Bertz CT molecular complexity index is 1310. The minimum atomic E-state index is -0.461. The van der Waals surface area contributed by atoms with Gasteiger partial charge in [0.05, 0.1) is 26.9 Å². The van der Waals surface area contributed by atoms with Crippen molar-refractivity contribution in [2.75, 3.05) is 21.3 Å². The SMILES string of the molecule is COc1ccc(COC(=O)c2ccc(OCc3ccc(OC)cc3)c(OCc3ccc(OC)cc3)c2)cc1. The minimum Gasteiger partial charge on any atom is -0.497 e. The third kappa shape index (κ3) is 7.20. The van der Waals surface area contributed by atoms with Crippen LogP contribution in [0.15, 0.2) is 91.0 Å². The Morgan fingerprint density at radius 3 is 1.39 bits per heavy atom. The van der Waals surface area contributed by atoms with Crippen molar-refractivity contribution in [1.29, 1.82) is 0 Å². The summed E-state index contributed by atoms with van der Waals surface area (Å²) in [6.45, 7) is 0.748. The van der Waals surface area contributed by atoms with Crippen LogP contribution in [0.1, 0.15) is 27.0 Å². The van der Waals surface area contributed by atoms with E-state index in [2.05, 4.69) is 0 Å². The van der Waals surface area contributed by atoms with Gasteiger partial charge in [-0.25, -0.2) is 4.79 Å². The zero-order valence-electron chi connectivity index (χ0n) is 21.6. The minimum absolute atomic E-state index is 0.139. The van der Waals surface area contributed by atoms with Crippen LogP contribution < -0.4 is 23.7 Å². The maximum atomic E-state index is 12.8. The van der Waals surface area contributed by atoms with Crippen LogP contribution in [-0.4, -0.2) is 27.3 Å². The number of ether oxygens (including phenoxy) is 6. The van der Waals surface area contributed by atoms with E-state index in [1.165, 1.54) is 0 Å². The van der Waals surface area contributed by atoms with Crippen molar-refractivity contribution in [1.82, 2.24) is 0 Å². The molecule has 0 saturated heterocycles. The van der Waals surface area contributed by atoms with Gasteiger partial charge in [0.25, 0.3) is 0 Å². The second-order valence-corrected chi connectivity index (χ2v) is 8.36. The van der Waals surface area contributed by atoms with Gasteiger partial charge in [0, 0.05) is 0 Å². The van der Waals surface area contributed by atoms with Crippen molar-refractivity contribution in [3.8, 4) is 28.7 Å². The Balaban J connectivity index is 1.47. The van der Waals surface area contributed by atoms with Crippen LogP contribution in [-0.2, 0) is 24.6 Å². The molecule has 4 aromatic rings. The number of methoxy groups -OCH3 is 3. The van der Waals surface area contributed by atoms with E-state index in [-0.39, 0.29) is 13.2 Å². The smallest absolute Gasteiger partial charge is 0.338 e. The fourth-order valence-corrected chi connectivity index (χ4v) is 3.59. The predicted octanol–water partition coefficient (Wildman–Crippen LogP) is 6.23. The standard InChI is InChI=1S/C31H30O7/c1-33-26-11-4-22(5-12-26)19-36-29-17-10-25(31(32)38-21-24-8-15-28(35-3)16-9-24)18-30(29)37-20-23-6-13-27(34-2)14-7-23/h4-18H,19-21H2,1-3H3. The topological polar surface area (TPSA) is 72.5 Å². The molecule has 0 bridgehead atoms. The highest BCUT2D eigenvalue weighted by Crippen LogP contribution is 2.31. The number of carbonyl (C=O) groups is 1. The van der Waals surface area contributed by atoms with Gasteiger partial charge in [-0.05, 0) is 71.3 Å². The highest BCUT2D eigenvalue weighted by Gasteiger charge is 2.14. The Morgan fingerprint density at radius 2 is 0.947 bits per heavy atom. The Labute approximate surface area is 222 Å². The molecule has 0 aliphatic rings. The van der Waals surface area contributed by atoms with E-state index in [0.717, 1.165) is 33.9 Å². The molecule has 38 heavy (non-hydrogen) atoms. The molecule has 4 aromatic carbocycles. The maximum absolute atomic E-state index is 12.8. The molecule has 7 nitrogen and oxygen atoms in total. The molecule has 0 spiro atoms. The van der Waals surface area contributed by atoms with E-state index in [0.29, 0.717) is 23.7 Å². The molecule has 0 amide bonds. The molecule has 196 valence electrons. The van der Waals surface area contributed by atoms with E-state index in [9.17, 15) is 4.79 Å². The fraction of sp³-hybridized carbons (Fsp3) is 0.194. The van der Waals surface area contributed by atoms with Crippen molar-refractivity contribution in [3.05, 3.63) is 113 Å². The number of rotatable bonds is 12. The van der Waals surface area contributed by atoms with Crippen LogP contribution in [0.3, 0.4) is 0 Å². The number of esters is 1. The van der Waals surface area contributed by atoms with Gasteiger partial charge >= 0.3 is 5.97 Å². The lowest BCUT2D eigenvalue weighted by molar-refractivity contribution is 0.0472. The summed E-state index contributed by atoms with van der Waals surface area (Å²) in [5, 5.41) is 0. The van der Waals surface area contributed by atoms with Gasteiger partial charge in [0.1, 0.15) is 37.1 Å². The Morgan fingerprint density at radius 1 is 0.526 bits per heavy atom. The largest absolute Gasteiger partial charge is 0.497 e. The zero-order chi connectivity index (χ0) is 26.7. The molecule has 0 N–H and O–H groups in total. The molecular weight excluding hydrogens is 484 g/mol. The number of carbonyl (C=O) groups excluding carboxylic acids is 1. The lowest BCUT2D eigenvalue weighted by Crippen LogP contribution is -2.07. The van der Waals surface area contributed by atoms with Gasteiger partial charge in [-0.1, -0.05) is 36.4 Å². The van der Waals surface area contributed by atoms with E-state index in [1.54, 1.807) is 39.5 Å². The van der Waals surface area contributed by atoms with Crippen molar-refractivity contribution in [2.45, 2.75) is 19.8 Å². The summed E-state index contributed by atoms with van der Waals surface area (Å²) in [4.78, 5) is 12.8. The first-order valence-electron chi connectivity index (χ1n) is 12.0. The van der Waals surface area contributed by atoms with Crippen molar-refractivity contribution >= 4 is 5.97 Å². The first-order chi connectivity index (χ1) is 18.6. The molecule has 0 radical (unpaired) electrons. The third-order valence-electron chi connectivity index (χ3n) is 5.82. The van der Waals surface area contributed by atoms with Crippen molar-refractivity contribution in [2.24, 2.45) is 0 Å². The molecule has 0 aromatic heterocycles. The lowest BCUT2D eigenvalue weighted by Gasteiger charge is -2.15. The van der Waals surface area contributed by atoms with Crippen molar-refractivity contribution < 1.29 is 33.2 Å². The Hall–Kier alpha value is -4.65. The third-order valence-corrected chi connectivity index (χ3v) is 5.82. The van der Waals surface area contributed by atoms with Gasteiger partial charge in [-0.3, -0.25) is 0 Å². The second-order valence-electron chi connectivity index (χ2n) is 8.36. The van der Waals surface area contributed by atoms with Gasteiger partial charge in [0.15, 0.2) is 11.5 Å². The number of benzene rings is 4. The summed E-state index contributed by atoms with van der Waals surface area (Å²) in [6, 6.07) is 27.6. The summed E-state index contributed by atoms with van der Waals surface area (Å²) >= 11 is 0. The fourth-order valence-electron chi connectivity index (χ4n) is 3.59.